The highest BCUT2D eigenvalue weighted by Crippen LogP contribution is 2.13. The van der Waals surface area contributed by atoms with Crippen LogP contribution in [0.1, 0.15) is 155 Å². The molecule has 1 atom stereocenters. The zero-order valence-electron chi connectivity index (χ0n) is 24.7. The predicted octanol–water partition coefficient (Wildman–Crippen LogP) is 7.17. The van der Waals surface area contributed by atoms with Crippen molar-refractivity contribution >= 4 is 17.8 Å². The third-order valence-corrected chi connectivity index (χ3v) is 6.85. The molecule has 7 heteroatoms. The van der Waals surface area contributed by atoms with Gasteiger partial charge in [-0.05, 0) is 19.3 Å². The second kappa shape index (κ2) is 28.4. The largest absolute Gasteiger partial charge is 0.462 e. The van der Waals surface area contributed by atoms with Crippen LogP contribution in [0.15, 0.2) is 0 Å². The van der Waals surface area contributed by atoms with E-state index in [1.807, 2.05) is 0 Å². The molecule has 0 aromatic heterocycles. The van der Waals surface area contributed by atoms with Crippen molar-refractivity contribution in [3.63, 3.8) is 0 Å². The Morgan fingerprint density at radius 2 is 1.05 bits per heavy atom. The minimum Gasteiger partial charge on any atom is -0.462 e. The van der Waals surface area contributed by atoms with Crippen molar-refractivity contribution in [1.82, 2.24) is 5.32 Å². The lowest BCUT2D eigenvalue weighted by Gasteiger charge is -2.15. The summed E-state index contributed by atoms with van der Waals surface area (Å²) >= 11 is 0. The van der Waals surface area contributed by atoms with Crippen LogP contribution in [-0.2, 0) is 23.9 Å². The van der Waals surface area contributed by atoms with Crippen LogP contribution < -0.4 is 5.32 Å². The van der Waals surface area contributed by atoms with Gasteiger partial charge in [0.1, 0.15) is 6.61 Å². The summed E-state index contributed by atoms with van der Waals surface area (Å²) in [6.07, 6.45) is 23.2. The Morgan fingerprint density at radius 3 is 1.50 bits per heavy atom. The average Bonchev–Trinajstić information content (AvgIpc) is 2.90. The van der Waals surface area contributed by atoms with Crippen LogP contribution in [-0.4, -0.2) is 48.8 Å². The summed E-state index contributed by atoms with van der Waals surface area (Å²) in [6, 6.07) is 0. The first-order valence-electron chi connectivity index (χ1n) is 15.7. The average molecular weight is 542 g/mol. The highest BCUT2D eigenvalue weighted by molar-refractivity contribution is 5.72. The molecule has 224 valence electrons. The van der Waals surface area contributed by atoms with E-state index in [-0.39, 0.29) is 31.1 Å². The quantitative estimate of drug-likeness (QED) is 0.0804. The summed E-state index contributed by atoms with van der Waals surface area (Å²) in [5.74, 6) is -0.573. The van der Waals surface area contributed by atoms with Gasteiger partial charge in [0.2, 0.25) is 5.91 Å². The SMILES string of the molecule is CCCCCCCCCCCC(=O)O[C@@H](CO)COC(=O)CCCCCCCCCCCCCNC(C)=O. The molecule has 0 aliphatic carbocycles. The molecule has 0 aliphatic rings. The number of hydrogen-bond acceptors (Lipinski definition) is 6. The van der Waals surface area contributed by atoms with Crippen LogP contribution in [0.5, 0.6) is 0 Å². The Bertz CT molecular complexity index is 569. The summed E-state index contributed by atoms with van der Waals surface area (Å²) in [6.45, 7) is 4.15. The molecule has 0 unspecified atom stereocenters. The van der Waals surface area contributed by atoms with E-state index in [1.165, 1.54) is 83.5 Å². The van der Waals surface area contributed by atoms with Gasteiger partial charge in [0.15, 0.2) is 6.10 Å². The number of aliphatic hydroxyl groups is 1. The van der Waals surface area contributed by atoms with Gasteiger partial charge in [-0.15, -0.1) is 0 Å². The van der Waals surface area contributed by atoms with E-state index < -0.39 is 6.10 Å². The molecule has 0 aliphatic heterocycles. The predicted molar refractivity (Wildman–Crippen MR) is 154 cm³/mol. The number of nitrogens with one attached hydrogen (secondary N) is 1. The molecule has 0 saturated carbocycles. The first-order valence-corrected chi connectivity index (χ1v) is 15.7. The molecule has 2 N–H and O–H groups in total. The standard InChI is InChI=1S/C31H59NO6/c1-3-4-5-6-7-11-15-18-21-24-31(36)38-29(26-33)27-37-30(35)23-20-17-14-12-9-8-10-13-16-19-22-25-32-28(2)34/h29,33H,3-27H2,1-2H3,(H,32,34)/t29-/m0/s1. The molecule has 38 heavy (non-hydrogen) atoms. The van der Waals surface area contributed by atoms with Crippen molar-refractivity contribution in [1.29, 1.82) is 0 Å². The van der Waals surface area contributed by atoms with Crippen molar-refractivity contribution in [3.8, 4) is 0 Å². The molecule has 0 fully saturated rings. The number of esters is 2. The van der Waals surface area contributed by atoms with Gasteiger partial charge in [-0.3, -0.25) is 14.4 Å². The number of ether oxygens (including phenoxy) is 2. The van der Waals surface area contributed by atoms with E-state index >= 15 is 0 Å². The Balaban J connectivity index is 3.54. The molecular weight excluding hydrogens is 482 g/mol. The molecule has 0 saturated heterocycles. The normalized spacial score (nSPS) is 11.8. The topological polar surface area (TPSA) is 102 Å². The van der Waals surface area contributed by atoms with Crippen LogP contribution in [0.2, 0.25) is 0 Å². The second-order valence-corrected chi connectivity index (χ2v) is 10.7. The van der Waals surface area contributed by atoms with Crippen molar-refractivity contribution < 1.29 is 29.0 Å². The minimum atomic E-state index is -0.776. The number of unbranched alkanes of at least 4 members (excludes halogenated alkanes) is 18. The van der Waals surface area contributed by atoms with Gasteiger partial charge in [0.25, 0.3) is 0 Å². The molecule has 0 bridgehead atoms. The maximum absolute atomic E-state index is 12.0. The number of carbonyl (C=O) groups is 3. The van der Waals surface area contributed by atoms with E-state index in [0.717, 1.165) is 51.5 Å². The summed E-state index contributed by atoms with van der Waals surface area (Å²) in [5.41, 5.74) is 0. The number of aliphatic hydroxyl groups excluding tert-OH is 1. The number of rotatable bonds is 28. The second-order valence-electron chi connectivity index (χ2n) is 10.7. The highest BCUT2D eigenvalue weighted by atomic mass is 16.6. The Labute approximate surface area is 233 Å². The smallest absolute Gasteiger partial charge is 0.306 e. The van der Waals surface area contributed by atoms with E-state index in [2.05, 4.69) is 12.2 Å². The third kappa shape index (κ3) is 27.4. The lowest BCUT2D eigenvalue weighted by molar-refractivity contribution is -0.161. The third-order valence-electron chi connectivity index (χ3n) is 6.85. The fourth-order valence-electron chi connectivity index (χ4n) is 4.46. The van der Waals surface area contributed by atoms with Gasteiger partial charge in [0.05, 0.1) is 6.61 Å². The van der Waals surface area contributed by atoms with Crippen LogP contribution >= 0.6 is 0 Å². The van der Waals surface area contributed by atoms with Gasteiger partial charge in [-0.1, -0.05) is 116 Å². The summed E-state index contributed by atoms with van der Waals surface area (Å²) in [4.78, 5) is 34.8. The highest BCUT2D eigenvalue weighted by Gasteiger charge is 2.16. The zero-order chi connectivity index (χ0) is 28.1. The minimum absolute atomic E-state index is 0.0505. The van der Waals surface area contributed by atoms with E-state index in [1.54, 1.807) is 6.92 Å². The fourth-order valence-corrected chi connectivity index (χ4v) is 4.46. The van der Waals surface area contributed by atoms with Crippen molar-refractivity contribution in [2.24, 2.45) is 0 Å². The molecular formula is C31H59NO6. The van der Waals surface area contributed by atoms with Gasteiger partial charge >= 0.3 is 11.9 Å². The molecule has 0 radical (unpaired) electrons. The lowest BCUT2D eigenvalue weighted by atomic mass is 10.1. The van der Waals surface area contributed by atoms with Gasteiger partial charge < -0.3 is 19.9 Å². The van der Waals surface area contributed by atoms with Crippen LogP contribution in [0.4, 0.5) is 0 Å². The van der Waals surface area contributed by atoms with Gasteiger partial charge in [-0.25, -0.2) is 0 Å². The lowest BCUT2D eigenvalue weighted by Crippen LogP contribution is -2.28. The maximum Gasteiger partial charge on any atom is 0.306 e. The molecule has 0 aromatic carbocycles. The van der Waals surface area contributed by atoms with Crippen LogP contribution in [0, 0.1) is 0 Å². The first kappa shape index (κ1) is 36.4. The number of hydrogen-bond donors (Lipinski definition) is 2. The zero-order valence-corrected chi connectivity index (χ0v) is 24.7. The van der Waals surface area contributed by atoms with Gasteiger partial charge in [-0.2, -0.15) is 0 Å². The van der Waals surface area contributed by atoms with E-state index in [9.17, 15) is 19.5 Å². The molecule has 0 heterocycles. The molecule has 0 spiro atoms. The monoisotopic (exact) mass is 541 g/mol. The molecule has 0 aromatic rings. The summed E-state index contributed by atoms with van der Waals surface area (Å²) in [5, 5.41) is 12.3. The Morgan fingerprint density at radius 1 is 0.632 bits per heavy atom. The fraction of sp³-hybridized carbons (Fsp3) is 0.903. The maximum atomic E-state index is 12.0. The van der Waals surface area contributed by atoms with Crippen molar-refractivity contribution in [3.05, 3.63) is 0 Å². The van der Waals surface area contributed by atoms with E-state index in [4.69, 9.17) is 9.47 Å². The first-order chi connectivity index (χ1) is 18.5. The van der Waals surface area contributed by atoms with Crippen LogP contribution in [0.25, 0.3) is 0 Å². The Hall–Kier alpha value is -1.63. The summed E-state index contributed by atoms with van der Waals surface area (Å²) in [7, 11) is 0. The Kier molecular flexibility index (Phi) is 27.2. The van der Waals surface area contributed by atoms with Crippen LogP contribution in [0.3, 0.4) is 0 Å². The van der Waals surface area contributed by atoms with E-state index in [0.29, 0.717) is 12.8 Å². The molecule has 7 nitrogen and oxygen atoms in total. The van der Waals surface area contributed by atoms with Crippen molar-refractivity contribution in [2.45, 2.75) is 161 Å². The molecule has 0 rings (SSSR count). The number of carbonyl (C=O) groups excluding carboxylic acids is 3. The van der Waals surface area contributed by atoms with Crippen molar-refractivity contribution in [2.75, 3.05) is 19.8 Å². The van der Waals surface area contributed by atoms with Gasteiger partial charge in [0, 0.05) is 26.3 Å². The number of amides is 1. The molecule has 1 amide bonds. The summed E-state index contributed by atoms with van der Waals surface area (Å²) < 4.78 is 10.5.